The van der Waals surface area contributed by atoms with Crippen LogP contribution in [0.2, 0.25) is 0 Å². The summed E-state index contributed by atoms with van der Waals surface area (Å²) in [6.07, 6.45) is 0.868. The van der Waals surface area contributed by atoms with E-state index in [4.69, 9.17) is 11.6 Å². The van der Waals surface area contributed by atoms with Crippen LogP contribution in [-0.2, 0) is 0 Å². The average molecular weight is 173 g/mol. The van der Waals surface area contributed by atoms with E-state index in [1.165, 1.54) is 12.1 Å². The number of alkyl halides is 1. The van der Waals surface area contributed by atoms with Gasteiger partial charge in [0, 0.05) is 0 Å². The lowest BCUT2D eigenvalue weighted by atomic mass is 10.1. The van der Waals surface area contributed by atoms with Crippen molar-refractivity contribution < 1.29 is 4.39 Å². The average Bonchev–Trinajstić information content (AvgIpc) is 2.05. The summed E-state index contributed by atoms with van der Waals surface area (Å²) in [4.78, 5) is 0. The molecule has 0 heterocycles. The number of hydrogen-bond acceptors (Lipinski definition) is 0. The highest BCUT2D eigenvalue weighted by molar-refractivity contribution is 6.20. The quantitative estimate of drug-likeness (QED) is 0.599. The van der Waals surface area contributed by atoms with Crippen LogP contribution in [0.5, 0.6) is 0 Å². The molecule has 0 amide bonds. The van der Waals surface area contributed by atoms with Gasteiger partial charge in [-0.3, -0.25) is 0 Å². The van der Waals surface area contributed by atoms with Gasteiger partial charge in [-0.05, 0) is 24.1 Å². The second kappa shape index (κ2) is 3.72. The first-order chi connectivity index (χ1) is 5.24. The molecule has 0 saturated heterocycles. The second-order valence-electron chi connectivity index (χ2n) is 2.43. The lowest BCUT2D eigenvalue weighted by Gasteiger charge is -2.04. The molecule has 0 saturated carbocycles. The Morgan fingerprint density at radius 2 is 1.91 bits per heavy atom. The smallest absolute Gasteiger partial charge is 0.123 e. The second-order valence-corrected chi connectivity index (χ2v) is 2.95. The predicted octanol–water partition coefficient (Wildman–Crippen LogP) is 3.52. The highest BCUT2D eigenvalue weighted by Crippen LogP contribution is 2.23. The monoisotopic (exact) mass is 172 g/mol. The first-order valence-electron chi connectivity index (χ1n) is 3.63. The summed E-state index contributed by atoms with van der Waals surface area (Å²) < 4.78 is 12.4. The van der Waals surface area contributed by atoms with Gasteiger partial charge in [0.15, 0.2) is 0 Å². The zero-order valence-corrected chi connectivity index (χ0v) is 7.11. The molecule has 1 rings (SSSR count). The standard InChI is InChI=1S/C9H10ClF/c1-2-9(10)7-3-5-8(11)6-4-7/h3-6,9H,2H2,1H3. The molecular weight excluding hydrogens is 163 g/mol. The minimum Gasteiger partial charge on any atom is -0.207 e. The van der Waals surface area contributed by atoms with Crippen molar-refractivity contribution in [3.05, 3.63) is 35.6 Å². The van der Waals surface area contributed by atoms with Gasteiger partial charge in [-0.25, -0.2) is 4.39 Å². The van der Waals surface area contributed by atoms with Gasteiger partial charge in [0.2, 0.25) is 0 Å². The summed E-state index contributed by atoms with van der Waals surface area (Å²) in [6.45, 7) is 2.00. The summed E-state index contributed by atoms with van der Waals surface area (Å²) in [5.74, 6) is -0.214. The molecule has 60 valence electrons. The van der Waals surface area contributed by atoms with E-state index in [1.54, 1.807) is 12.1 Å². The summed E-state index contributed by atoms with van der Waals surface area (Å²) in [7, 11) is 0. The van der Waals surface area contributed by atoms with E-state index in [9.17, 15) is 4.39 Å². The molecule has 0 spiro atoms. The zero-order chi connectivity index (χ0) is 8.27. The molecule has 0 aliphatic carbocycles. The third-order valence-electron chi connectivity index (χ3n) is 1.59. The molecule has 0 N–H and O–H groups in total. The van der Waals surface area contributed by atoms with Crippen molar-refractivity contribution in [1.29, 1.82) is 0 Å². The van der Waals surface area contributed by atoms with Crippen molar-refractivity contribution in [2.75, 3.05) is 0 Å². The summed E-state index contributed by atoms with van der Waals surface area (Å²) in [5, 5.41) is 0.00981. The fraction of sp³-hybridized carbons (Fsp3) is 0.333. The predicted molar refractivity (Wildman–Crippen MR) is 45.3 cm³/mol. The van der Waals surface area contributed by atoms with Crippen molar-refractivity contribution in [1.82, 2.24) is 0 Å². The highest BCUT2D eigenvalue weighted by Gasteiger charge is 2.03. The first-order valence-corrected chi connectivity index (χ1v) is 4.07. The number of benzene rings is 1. The molecule has 1 aromatic carbocycles. The van der Waals surface area contributed by atoms with Crippen LogP contribution in [0.15, 0.2) is 24.3 Å². The van der Waals surface area contributed by atoms with Crippen molar-refractivity contribution in [3.63, 3.8) is 0 Å². The van der Waals surface area contributed by atoms with Crippen LogP contribution < -0.4 is 0 Å². The Kier molecular flexibility index (Phi) is 2.89. The molecule has 0 aliphatic heterocycles. The van der Waals surface area contributed by atoms with E-state index in [0.29, 0.717) is 0 Å². The van der Waals surface area contributed by atoms with Crippen molar-refractivity contribution in [3.8, 4) is 0 Å². The molecule has 0 radical (unpaired) electrons. The Labute approximate surface area is 71.0 Å². The minimum atomic E-state index is -0.214. The highest BCUT2D eigenvalue weighted by atomic mass is 35.5. The van der Waals surface area contributed by atoms with Crippen molar-refractivity contribution >= 4 is 11.6 Å². The fourth-order valence-corrected chi connectivity index (χ4v) is 1.05. The van der Waals surface area contributed by atoms with E-state index in [-0.39, 0.29) is 11.2 Å². The van der Waals surface area contributed by atoms with Crippen LogP contribution in [0, 0.1) is 5.82 Å². The maximum Gasteiger partial charge on any atom is 0.123 e. The van der Waals surface area contributed by atoms with Crippen LogP contribution >= 0.6 is 11.6 Å². The lowest BCUT2D eigenvalue weighted by molar-refractivity contribution is 0.626. The lowest BCUT2D eigenvalue weighted by Crippen LogP contribution is -1.87. The van der Waals surface area contributed by atoms with E-state index < -0.39 is 0 Å². The Morgan fingerprint density at radius 3 is 2.36 bits per heavy atom. The maximum atomic E-state index is 12.4. The minimum absolute atomic E-state index is 0.00981. The fourth-order valence-electron chi connectivity index (χ4n) is 0.907. The number of hydrogen-bond donors (Lipinski definition) is 0. The Hall–Kier alpha value is -0.560. The van der Waals surface area contributed by atoms with Crippen LogP contribution in [-0.4, -0.2) is 0 Å². The molecule has 1 atom stereocenters. The van der Waals surface area contributed by atoms with Crippen molar-refractivity contribution in [2.24, 2.45) is 0 Å². The summed E-state index contributed by atoms with van der Waals surface area (Å²) in [5.41, 5.74) is 0.982. The first kappa shape index (κ1) is 8.54. The molecule has 1 aromatic rings. The van der Waals surface area contributed by atoms with Gasteiger partial charge >= 0.3 is 0 Å². The van der Waals surface area contributed by atoms with Gasteiger partial charge in [0.05, 0.1) is 5.38 Å². The molecule has 0 aromatic heterocycles. The van der Waals surface area contributed by atoms with Gasteiger partial charge in [-0.2, -0.15) is 0 Å². The van der Waals surface area contributed by atoms with Crippen LogP contribution in [0.4, 0.5) is 4.39 Å². The van der Waals surface area contributed by atoms with Gasteiger partial charge in [-0.1, -0.05) is 19.1 Å². The van der Waals surface area contributed by atoms with Crippen LogP contribution in [0.1, 0.15) is 24.3 Å². The molecule has 0 fully saturated rings. The molecule has 11 heavy (non-hydrogen) atoms. The van der Waals surface area contributed by atoms with E-state index >= 15 is 0 Å². The molecule has 0 nitrogen and oxygen atoms in total. The zero-order valence-electron chi connectivity index (χ0n) is 6.35. The molecule has 2 heteroatoms. The van der Waals surface area contributed by atoms with Gasteiger partial charge in [0.25, 0.3) is 0 Å². The van der Waals surface area contributed by atoms with Crippen LogP contribution in [0.25, 0.3) is 0 Å². The summed E-state index contributed by atoms with van der Waals surface area (Å²) in [6, 6.07) is 6.30. The van der Waals surface area contributed by atoms with E-state index in [0.717, 1.165) is 12.0 Å². The SMILES string of the molecule is CCC(Cl)c1ccc(F)cc1. The number of halogens is 2. The number of rotatable bonds is 2. The van der Waals surface area contributed by atoms with Crippen LogP contribution in [0.3, 0.4) is 0 Å². The van der Waals surface area contributed by atoms with Crippen molar-refractivity contribution in [2.45, 2.75) is 18.7 Å². The summed E-state index contributed by atoms with van der Waals surface area (Å²) >= 11 is 5.92. The third-order valence-corrected chi connectivity index (χ3v) is 2.15. The Morgan fingerprint density at radius 1 is 1.36 bits per heavy atom. The third kappa shape index (κ3) is 2.19. The Bertz CT molecular complexity index is 218. The van der Waals surface area contributed by atoms with Gasteiger partial charge < -0.3 is 0 Å². The van der Waals surface area contributed by atoms with E-state index in [2.05, 4.69) is 0 Å². The topological polar surface area (TPSA) is 0 Å². The normalized spacial score (nSPS) is 13.0. The largest absolute Gasteiger partial charge is 0.207 e. The Balaban J connectivity index is 2.81. The van der Waals surface area contributed by atoms with E-state index in [1.807, 2.05) is 6.92 Å². The van der Waals surface area contributed by atoms with Gasteiger partial charge in [-0.15, -0.1) is 11.6 Å². The molecule has 1 unspecified atom stereocenters. The molecule has 0 aliphatic rings. The van der Waals surface area contributed by atoms with Gasteiger partial charge in [0.1, 0.15) is 5.82 Å². The molecule has 0 bridgehead atoms. The molecular formula is C9H10ClF. The maximum absolute atomic E-state index is 12.4.